The average Bonchev–Trinajstić information content (AvgIpc) is 3.37. The van der Waals surface area contributed by atoms with Gasteiger partial charge in [0.15, 0.2) is 5.65 Å². The molecule has 4 aromatic rings. The molecule has 8 nitrogen and oxygen atoms in total. The summed E-state index contributed by atoms with van der Waals surface area (Å²) in [5.74, 6) is 1.37. The zero-order chi connectivity index (χ0) is 21.5. The van der Waals surface area contributed by atoms with Crippen molar-refractivity contribution in [2.24, 2.45) is 0 Å². The van der Waals surface area contributed by atoms with E-state index in [-0.39, 0.29) is 0 Å². The normalized spacial score (nSPS) is 17.5. The monoisotopic (exact) mass is 421 g/mol. The maximum absolute atomic E-state index is 13.8. The highest BCUT2D eigenvalue weighted by molar-refractivity contribution is 5.78. The van der Waals surface area contributed by atoms with E-state index in [9.17, 15) is 9.50 Å². The largest absolute Gasteiger partial charge is 0.392 e. The second-order valence-corrected chi connectivity index (χ2v) is 8.01. The van der Waals surface area contributed by atoms with E-state index in [0.29, 0.717) is 54.7 Å². The van der Waals surface area contributed by atoms with Gasteiger partial charge in [0.1, 0.15) is 29.2 Å². The molecule has 5 rings (SSSR count). The summed E-state index contributed by atoms with van der Waals surface area (Å²) < 4.78 is 15.5. The maximum Gasteiger partial charge on any atom is 0.160 e. The molecule has 2 N–H and O–H groups in total. The molecular weight excluding hydrogens is 397 g/mol. The number of alkyl halides is 1. The fourth-order valence-corrected chi connectivity index (χ4v) is 3.87. The average molecular weight is 421 g/mol. The highest BCUT2D eigenvalue weighted by atomic mass is 19.1. The zero-order valence-electron chi connectivity index (χ0n) is 17.5. The first-order chi connectivity index (χ1) is 15.0. The Morgan fingerprint density at radius 2 is 1.97 bits per heavy atom. The zero-order valence-corrected chi connectivity index (χ0v) is 17.5. The van der Waals surface area contributed by atoms with Gasteiger partial charge in [-0.15, -0.1) is 0 Å². The molecule has 0 saturated carbocycles. The van der Waals surface area contributed by atoms with E-state index >= 15 is 0 Å². The van der Waals surface area contributed by atoms with Crippen LogP contribution in [0, 0.1) is 6.92 Å². The number of aliphatic hydroxyl groups excluding tert-OH is 1. The van der Waals surface area contributed by atoms with Crippen molar-refractivity contribution in [3.8, 4) is 11.4 Å². The van der Waals surface area contributed by atoms with E-state index in [1.807, 2.05) is 48.2 Å². The number of hydrogen-bond donors (Lipinski definition) is 2. The van der Waals surface area contributed by atoms with Gasteiger partial charge in [-0.25, -0.2) is 19.3 Å². The summed E-state index contributed by atoms with van der Waals surface area (Å²) in [7, 11) is 0. The molecule has 0 unspecified atom stereocenters. The van der Waals surface area contributed by atoms with Crippen molar-refractivity contribution in [1.29, 1.82) is 0 Å². The number of aliphatic hydroxyl groups is 1. The van der Waals surface area contributed by atoms with Gasteiger partial charge in [0.2, 0.25) is 0 Å². The quantitative estimate of drug-likeness (QED) is 0.512. The van der Waals surface area contributed by atoms with Gasteiger partial charge in [-0.05, 0) is 32.4 Å². The van der Waals surface area contributed by atoms with Crippen molar-refractivity contribution in [3.63, 3.8) is 0 Å². The molecule has 4 heterocycles. The van der Waals surface area contributed by atoms with Crippen LogP contribution in [-0.4, -0.2) is 61.6 Å². The first-order valence-corrected chi connectivity index (χ1v) is 10.4. The second kappa shape index (κ2) is 7.73. The topological polar surface area (TPSA) is 91.5 Å². The molecule has 0 aliphatic carbocycles. The van der Waals surface area contributed by atoms with Crippen LogP contribution in [0.2, 0.25) is 0 Å². The van der Waals surface area contributed by atoms with Crippen LogP contribution in [0.4, 0.5) is 16.0 Å². The molecular formula is C22H24FN7O. The number of hydrogen-bond acceptors (Lipinski definition) is 7. The lowest BCUT2D eigenvalue weighted by Gasteiger charge is -2.18. The lowest BCUT2D eigenvalue weighted by molar-refractivity contribution is 0.208. The van der Waals surface area contributed by atoms with Crippen LogP contribution in [-0.2, 0) is 0 Å². The lowest BCUT2D eigenvalue weighted by Crippen LogP contribution is -2.23. The third kappa shape index (κ3) is 3.76. The summed E-state index contributed by atoms with van der Waals surface area (Å²) in [6.45, 7) is 4.93. The molecule has 0 amide bonds. The van der Waals surface area contributed by atoms with Crippen LogP contribution in [0.3, 0.4) is 0 Å². The molecule has 1 aliphatic rings. The van der Waals surface area contributed by atoms with Gasteiger partial charge in [-0.1, -0.05) is 12.1 Å². The van der Waals surface area contributed by atoms with Crippen LogP contribution in [0.25, 0.3) is 28.1 Å². The van der Waals surface area contributed by atoms with Crippen molar-refractivity contribution in [3.05, 3.63) is 42.1 Å². The molecule has 1 saturated heterocycles. The molecule has 1 aliphatic heterocycles. The van der Waals surface area contributed by atoms with Crippen molar-refractivity contribution >= 4 is 28.3 Å². The molecule has 1 fully saturated rings. The fraction of sp³-hybridized carbons (Fsp3) is 0.364. The number of rotatable bonds is 5. The summed E-state index contributed by atoms with van der Waals surface area (Å²) >= 11 is 0. The molecule has 3 aromatic heterocycles. The van der Waals surface area contributed by atoms with Crippen LogP contribution in [0.1, 0.15) is 19.0 Å². The third-order valence-electron chi connectivity index (χ3n) is 5.43. The van der Waals surface area contributed by atoms with Gasteiger partial charge in [0.25, 0.3) is 0 Å². The molecule has 31 heavy (non-hydrogen) atoms. The SMILES string of the molecule is Cc1nc2ccccc2nc1-c1cc2nc(N3CC[C@@H](F)C3)cc(NC[C@@H](C)O)n2n1. The number of fused-ring (bicyclic) bond motifs is 2. The van der Waals surface area contributed by atoms with E-state index in [2.05, 4.69) is 10.3 Å². The first kappa shape index (κ1) is 19.6. The summed E-state index contributed by atoms with van der Waals surface area (Å²) in [5, 5.41) is 17.7. The smallest absolute Gasteiger partial charge is 0.160 e. The van der Waals surface area contributed by atoms with E-state index in [0.717, 1.165) is 16.7 Å². The minimum atomic E-state index is -0.845. The van der Waals surface area contributed by atoms with Gasteiger partial charge >= 0.3 is 0 Å². The van der Waals surface area contributed by atoms with Crippen molar-refractivity contribution < 1.29 is 9.50 Å². The molecule has 9 heteroatoms. The Balaban J connectivity index is 1.62. The van der Waals surface area contributed by atoms with Crippen LogP contribution in [0.5, 0.6) is 0 Å². The highest BCUT2D eigenvalue weighted by Crippen LogP contribution is 2.28. The Morgan fingerprint density at radius 3 is 2.68 bits per heavy atom. The number of para-hydroxylation sites is 2. The van der Waals surface area contributed by atoms with E-state index < -0.39 is 12.3 Å². The predicted octanol–water partition coefficient (Wildman–Crippen LogP) is 2.99. The summed E-state index contributed by atoms with van der Waals surface area (Å²) in [6.07, 6.45) is -0.875. The Hall–Kier alpha value is -3.33. The van der Waals surface area contributed by atoms with Gasteiger partial charge in [0, 0.05) is 25.2 Å². The Labute approximate surface area is 178 Å². The number of anilines is 2. The maximum atomic E-state index is 13.8. The van der Waals surface area contributed by atoms with Crippen LogP contribution >= 0.6 is 0 Å². The standard InChI is InChI=1S/C22H24FN7O/c1-13(31)11-24-19-10-20(29-8-7-15(23)12-29)27-21-9-18(28-30(19)21)22-14(2)25-16-5-3-4-6-17(16)26-22/h3-6,9-10,13,15,24,31H,7-8,11-12H2,1-2H3/t13-,15-/m1/s1. The summed E-state index contributed by atoms with van der Waals surface area (Å²) in [5.41, 5.74) is 4.38. The predicted molar refractivity (Wildman–Crippen MR) is 118 cm³/mol. The van der Waals surface area contributed by atoms with E-state index in [1.165, 1.54) is 0 Å². The van der Waals surface area contributed by atoms with E-state index in [4.69, 9.17) is 15.1 Å². The van der Waals surface area contributed by atoms with Crippen LogP contribution in [0.15, 0.2) is 36.4 Å². The highest BCUT2D eigenvalue weighted by Gasteiger charge is 2.24. The van der Waals surface area contributed by atoms with Crippen molar-refractivity contribution in [2.45, 2.75) is 32.5 Å². The third-order valence-corrected chi connectivity index (χ3v) is 5.43. The Kier molecular flexibility index (Phi) is 4.90. The van der Waals surface area contributed by atoms with Gasteiger partial charge in [0.05, 0.1) is 29.4 Å². The van der Waals surface area contributed by atoms with Gasteiger partial charge in [-0.2, -0.15) is 9.61 Å². The first-order valence-electron chi connectivity index (χ1n) is 10.4. The van der Waals surface area contributed by atoms with E-state index in [1.54, 1.807) is 11.4 Å². The van der Waals surface area contributed by atoms with Gasteiger partial charge < -0.3 is 15.3 Å². The number of aryl methyl sites for hydroxylation is 1. The van der Waals surface area contributed by atoms with Crippen LogP contribution < -0.4 is 10.2 Å². The number of benzene rings is 1. The summed E-state index contributed by atoms with van der Waals surface area (Å²) in [4.78, 5) is 16.1. The molecule has 0 bridgehead atoms. The molecule has 0 radical (unpaired) electrons. The second-order valence-electron chi connectivity index (χ2n) is 8.01. The molecule has 0 spiro atoms. The van der Waals surface area contributed by atoms with Gasteiger partial charge in [-0.3, -0.25) is 0 Å². The number of halogens is 1. The number of nitrogens with one attached hydrogen (secondary N) is 1. The molecule has 2 atom stereocenters. The Bertz CT molecular complexity index is 1260. The minimum Gasteiger partial charge on any atom is -0.392 e. The minimum absolute atomic E-state index is 0.329. The number of nitrogens with zero attached hydrogens (tertiary/aromatic N) is 6. The van der Waals surface area contributed by atoms with Crippen molar-refractivity contribution in [1.82, 2.24) is 24.6 Å². The Morgan fingerprint density at radius 1 is 1.19 bits per heavy atom. The molecule has 160 valence electrons. The summed E-state index contributed by atoms with van der Waals surface area (Å²) in [6, 6.07) is 11.4. The fourth-order valence-electron chi connectivity index (χ4n) is 3.87. The number of aromatic nitrogens is 5. The molecule has 1 aromatic carbocycles. The lowest BCUT2D eigenvalue weighted by atomic mass is 10.2. The van der Waals surface area contributed by atoms with Crippen molar-refractivity contribution in [2.75, 3.05) is 29.9 Å².